The van der Waals surface area contributed by atoms with Crippen molar-refractivity contribution in [2.45, 2.75) is 129 Å². The van der Waals surface area contributed by atoms with Gasteiger partial charge in [-0.05, 0) is 19.3 Å². The van der Waals surface area contributed by atoms with Gasteiger partial charge >= 0.3 is 0 Å². The molecule has 25 heavy (non-hydrogen) atoms. The van der Waals surface area contributed by atoms with Crippen molar-refractivity contribution in [3.8, 4) is 0 Å². The predicted molar refractivity (Wildman–Crippen MR) is 110 cm³/mol. The zero-order valence-corrected chi connectivity index (χ0v) is 17.3. The molecule has 1 aliphatic heterocycles. The van der Waals surface area contributed by atoms with Crippen LogP contribution in [0.2, 0.25) is 0 Å². The van der Waals surface area contributed by atoms with Crippen molar-refractivity contribution >= 4 is 6.34 Å². The zero-order valence-electron chi connectivity index (χ0n) is 17.3. The number of nitrogens with one attached hydrogen (secondary N) is 2. The summed E-state index contributed by atoms with van der Waals surface area (Å²) in [6.45, 7) is 6.87. The minimum Gasteiger partial charge on any atom is -0.271 e. The number of unbranched alkanes of at least 4 members (excludes halogenated alkanes) is 12. The van der Waals surface area contributed by atoms with Crippen molar-refractivity contribution in [3.05, 3.63) is 0 Å². The first kappa shape index (κ1) is 22.3. The molecule has 0 atom stereocenters. The summed E-state index contributed by atoms with van der Waals surface area (Å²) in [6.07, 6.45) is 23.9. The first-order valence-electron chi connectivity index (χ1n) is 11.1. The van der Waals surface area contributed by atoms with Gasteiger partial charge in [0.05, 0.1) is 5.54 Å². The van der Waals surface area contributed by atoms with Gasteiger partial charge in [0, 0.05) is 0 Å². The molecule has 0 unspecified atom stereocenters. The minimum atomic E-state index is 0.213. The van der Waals surface area contributed by atoms with Crippen LogP contribution in [0.4, 0.5) is 0 Å². The Balaban J connectivity index is 1.96. The quantitative estimate of drug-likeness (QED) is 0.302. The van der Waals surface area contributed by atoms with Gasteiger partial charge in [0.15, 0.2) is 0 Å². The van der Waals surface area contributed by atoms with E-state index in [1.165, 1.54) is 89.9 Å². The fourth-order valence-corrected chi connectivity index (χ4v) is 3.98. The van der Waals surface area contributed by atoms with Gasteiger partial charge in [0.1, 0.15) is 6.34 Å². The molecule has 1 heterocycles. The summed E-state index contributed by atoms with van der Waals surface area (Å²) in [5, 5.41) is 6.25. The van der Waals surface area contributed by atoms with Gasteiger partial charge in [-0.25, -0.2) is 5.53 Å². The molecule has 0 saturated heterocycles. The van der Waals surface area contributed by atoms with Crippen molar-refractivity contribution in [1.82, 2.24) is 16.1 Å². The highest BCUT2D eigenvalue weighted by atomic mass is 15.8. The van der Waals surface area contributed by atoms with E-state index >= 15 is 0 Å². The highest BCUT2D eigenvalue weighted by Crippen LogP contribution is 2.29. The molecule has 0 aromatic rings. The van der Waals surface area contributed by atoms with E-state index in [0.717, 1.165) is 12.8 Å². The van der Waals surface area contributed by atoms with Crippen molar-refractivity contribution in [1.29, 1.82) is 0 Å². The van der Waals surface area contributed by atoms with Gasteiger partial charge in [-0.2, -0.15) is 5.10 Å². The Morgan fingerprint density at radius 1 is 0.720 bits per heavy atom. The van der Waals surface area contributed by atoms with Crippen molar-refractivity contribution in [2.24, 2.45) is 5.10 Å². The lowest BCUT2D eigenvalue weighted by atomic mass is 9.86. The third-order valence-corrected chi connectivity index (χ3v) is 5.98. The van der Waals surface area contributed by atoms with Gasteiger partial charge in [-0.15, -0.1) is 5.53 Å². The predicted octanol–water partition coefficient (Wildman–Crippen LogP) is 6.29. The maximum Gasteiger partial charge on any atom is 0.129 e. The maximum atomic E-state index is 4.08. The van der Waals surface area contributed by atoms with E-state index in [0.29, 0.717) is 0 Å². The summed E-state index contributed by atoms with van der Waals surface area (Å²) in [4.78, 5) is 0. The molecule has 4 nitrogen and oxygen atoms in total. The Kier molecular flexibility index (Phi) is 12.8. The topological polar surface area (TPSA) is 39.7 Å². The number of hydrogen-bond donors (Lipinski definition) is 2. The van der Waals surface area contributed by atoms with E-state index in [9.17, 15) is 0 Å². The van der Waals surface area contributed by atoms with Crippen molar-refractivity contribution in [2.75, 3.05) is 0 Å². The molecule has 148 valence electrons. The lowest BCUT2D eigenvalue weighted by molar-refractivity contribution is 0.0928. The van der Waals surface area contributed by atoms with Crippen LogP contribution in [0.1, 0.15) is 124 Å². The Morgan fingerprint density at radius 3 is 1.60 bits per heavy atom. The van der Waals surface area contributed by atoms with E-state index in [2.05, 4.69) is 42.0 Å². The Morgan fingerprint density at radius 2 is 1.20 bits per heavy atom. The molecule has 2 N–H and O–H groups in total. The normalized spacial score (nSPS) is 14.3. The first-order valence-corrected chi connectivity index (χ1v) is 11.1. The second-order valence-electron chi connectivity index (χ2n) is 7.76. The SMILES string of the molecule is CCCCCCCCCCCCCCCC(CC)(CC)N1C=NNN1. The summed E-state index contributed by atoms with van der Waals surface area (Å²) < 4.78 is 0. The number of hydrazine groups is 2. The molecule has 1 aliphatic rings. The van der Waals surface area contributed by atoms with Gasteiger partial charge in [0.2, 0.25) is 0 Å². The van der Waals surface area contributed by atoms with Crippen LogP contribution in [0.3, 0.4) is 0 Å². The molecule has 0 aromatic carbocycles. The van der Waals surface area contributed by atoms with Gasteiger partial charge in [0.25, 0.3) is 0 Å². The highest BCUT2D eigenvalue weighted by molar-refractivity contribution is 5.56. The maximum absolute atomic E-state index is 4.08. The van der Waals surface area contributed by atoms with E-state index in [4.69, 9.17) is 0 Å². The van der Waals surface area contributed by atoms with E-state index in [1.807, 2.05) is 6.34 Å². The molecule has 0 bridgehead atoms. The Bertz CT molecular complexity index is 326. The third-order valence-electron chi connectivity index (χ3n) is 5.98. The highest BCUT2D eigenvalue weighted by Gasteiger charge is 2.33. The minimum absolute atomic E-state index is 0.213. The zero-order chi connectivity index (χ0) is 18.2. The van der Waals surface area contributed by atoms with Crippen LogP contribution in [0.15, 0.2) is 5.10 Å². The van der Waals surface area contributed by atoms with Crippen LogP contribution < -0.4 is 11.1 Å². The second-order valence-corrected chi connectivity index (χ2v) is 7.76. The average Bonchev–Trinajstić information content (AvgIpc) is 3.18. The van der Waals surface area contributed by atoms with Crippen LogP contribution >= 0.6 is 0 Å². The van der Waals surface area contributed by atoms with Crippen LogP contribution in [-0.4, -0.2) is 16.9 Å². The van der Waals surface area contributed by atoms with Crippen molar-refractivity contribution in [3.63, 3.8) is 0 Å². The molecule has 0 saturated carbocycles. The second kappa shape index (κ2) is 14.4. The summed E-state index contributed by atoms with van der Waals surface area (Å²) in [6, 6.07) is 0. The fraction of sp³-hybridized carbons (Fsp3) is 0.952. The van der Waals surface area contributed by atoms with Gasteiger partial charge in [-0.3, -0.25) is 5.01 Å². The molecule has 0 aliphatic carbocycles. The molecule has 0 aromatic heterocycles. The van der Waals surface area contributed by atoms with E-state index in [-0.39, 0.29) is 5.54 Å². The standard InChI is InChI=1S/C21H44N4/c1-4-7-8-9-10-11-12-13-14-15-16-17-18-19-21(5-2,6-3)25-20-22-23-24-25/h20,23-24H,4-19H2,1-3H3. The molecular weight excluding hydrogens is 308 g/mol. The first-order chi connectivity index (χ1) is 12.3. The molecule has 0 radical (unpaired) electrons. The molecular formula is C21H44N4. The number of rotatable bonds is 17. The van der Waals surface area contributed by atoms with Crippen LogP contribution in [0.25, 0.3) is 0 Å². The lowest BCUT2D eigenvalue weighted by Crippen LogP contribution is -2.53. The van der Waals surface area contributed by atoms with Crippen molar-refractivity contribution < 1.29 is 0 Å². The molecule has 0 amide bonds. The molecule has 0 fully saturated rings. The third kappa shape index (κ3) is 8.94. The van der Waals surface area contributed by atoms with Gasteiger partial charge < -0.3 is 0 Å². The number of nitrogens with zero attached hydrogens (tertiary/aromatic N) is 2. The summed E-state index contributed by atoms with van der Waals surface area (Å²) in [7, 11) is 0. The van der Waals surface area contributed by atoms with E-state index in [1.54, 1.807) is 0 Å². The molecule has 1 rings (SSSR count). The largest absolute Gasteiger partial charge is 0.271 e. The average molecular weight is 353 g/mol. The van der Waals surface area contributed by atoms with Crippen LogP contribution in [0, 0.1) is 0 Å². The fourth-order valence-electron chi connectivity index (χ4n) is 3.98. The number of hydrazone groups is 1. The van der Waals surface area contributed by atoms with Gasteiger partial charge in [-0.1, -0.05) is 104 Å². The van der Waals surface area contributed by atoms with Crippen LogP contribution in [0.5, 0.6) is 0 Å². The molecule has 0 spiro atoms. The van der Waals surface area contributed by atoms with Crippen LogP contribution in [-0.2, 0) is 0 Å². The summed E-state index contributed by atoms with van der Waals surface area (Å²) in [5.41, 5.74) is 6.21. The summed E-state index contributed by atoms with van der Waals surface area (Å²) in [5.74, 6) is 0. The number of hydrogen-bond acceptors (Lipinski definition) is 4. The Hall–Kier alpha value is -0.770. The smallest absolute Gasteiger partial charge is 0.129 e. The monoisotopic (exact) mass is 352 g/mol. The Labute approximate surface area is 157 Å². The molecule has 4 heteroatoms. The lowest BCUT2D eigenvalue weighted by Gasteiger charge is -2.39. The summed E-state index contributed by atoms with van der Waals surface area (Å²) >= 11 is 0. The van der Waals surface area contributed by atoms with E-state index < -0.39 is 0 Å².